The van der Waals surface area contributed by atoms with Crippen molar-refractivity contribution in [3.05, 3.63) is 58.1 Å². The van der Waals surface area contributed by atoms with E-state index in [9.17, 15) is 0 Å². The molecule has 2 aromatic carbocycles. The molecule has 19 heavy (non-hydrogen) atoms. The molecule has 2 rings (SSSR count). The predicted molar refractivity (Wildman–Crippen MR) is 86.8 cm³/mol. The fraction of sp³-hybridized carbons (Fsp3) is 0.250. The highest BCUT2D eigenvalue weighted by Crippen LogP contribution is 2.35. The lowest BCUT2D eigenvalue weighted by Crippen LogP contribution is -2.11. The molecule has 0 radical (unpaired) electrons. The number of hydrogen-bond donors (Lipinski definition) is 1. The summed E-state index contributed by atoms with van der Waals surface area (Å²) in [6.07, 6.45) is 0. The highest BCUT2D eigenvalue weighted by molar-refractivity contribution is 9.10. The first kappa shape index (κ1) is 14.6. The summed E-state index contributed by atoms with van der Waals surface area (Å²) in [5, 5.41) is 3.36. The van der Waals surface area contributed by atoms with Gasteiger partial charge in [0.15, 0.2) is 0 Å². The first-order valence-corrected chi connectivity index (χ1v) is 8.04. The zero-order valence-corrected chi connectivity index (χ0v) is 13.6. The van der Waals surface area contributed by atoms with Crippen LogP contribution in [0, 0.1) is 6.92 Å². The zero-order chi connectivity index (χ0) is 13.7. The average molecular weight is 336 g/mol. The van der Waals surface area contributed by atoms with E-state index in [4.69, 9.17) is 0 Å². The lowest BCUT2D eigenvalue weighted by molar-refractivity contribution is 0.726. The molecule has 0 aliphatic carbocycles. The Balaban J connectivity index is 2.15. The highest BCUT2D eigenvalue weighted by atomic mass is 79.9. The van der Waals surface area contributed by atoms with Crippen LogP contribution in [-0.4, -0.2) is 6.54 Å². The molecule has 0 fully saturated rings. The summed E-state index contributed by atoms with van der Waals surface area (Å²) >= 11 is 5.40. The second kappa shape index (κ2) is 7.13. The lowest BCUT2D eigenvalue weighted by Gasteiger charge is -2.09. The van der Waals surface area contributed by atoms with Crippen LogP contribution < -0.4 is 5.32 Å². The van der Waals surface area contributed by atoms with Crippen molar-refractivity contribution >= 4 is 27.7 Å². The molecule has 0 aromatic heterocycles. The molecule has 0 bridgehead atoms. The fourth-order valence-corrected chi connectivity index (χ4v) is 3.28. The second-order valence-electron chi connectivity index (χ2n) is 4.41. The summed E-state index contributed by atoms with van der Waals surface area (Å²) in [7, 11) is 0. The molecule has 0 amide bonds. The third-order valence-corrected chi connectivity index (χ3v) is 5.08. The quantitative estimate of drug-likeness (QED) is 0.823. The molecule has 3 heteroatoms. The summed E-state index contributed by atoms with van der Waals surface area (Å²) in [4.78, 5) is 2.57. The van der Waals surface area contributed by atoms with Gasteiger partial charge in [-0.15, -0.1) is 0 Å². The predicted octanol–water partition coefficient (Wildman–Crippen LogP) is 5.02. The van der Waals surface area contributed by atoms with Gasteiger partial charge >= 0.3 is 0 Å². The van der Waals surface area contributed by atoms with Gasteiger partial charge in [-0.25, -0.2) is 0 Å². The monoisotopic (exact) mass is 335 g/mol. The molecule has 100 valence electrons. The minimum absolute atomic E-state index is 0.942. The maximum absolute atomic E-state index is 3.60. The van der Waals surface area contributed by atoms with Crippen LogP contribution in [0.5, 0.6) is 0 Å². The highest BCUT2D eigenvalue weighted by Gasteiger charge is 2.05. The van der Waals surface area contributed by atoms with Gasteiger partial charge < -0.3 is 5.32 Å². The molecule has 1 N–H and O–H groups in total. The van der Waals surface area contributed by atoms with Gasteiger partial charge in [-0.2, -0.15) is 0 Å². The Labute approximate surface area is 127 Å². The van der Waals surface area contributed by atoms with E-state index >= 15 is 0 Å². The zero-order valence-electron chi connectivity index (χ0n) is 11.2. The van der Waals surface area contributed by atoms with E-state index in [1.807, 2.05) is 6.07 Å². The van der Waals surface area contributed by atoms with Crippen LogP contribution in [0.3, 0.4) is 0 Å². The number of rotatable bonds is 5. The van der Waals surface area contributed by atoms with Gasteiger partial charge in [-0.1, -0.05) is 43.0 Å². The van der Waals surface area contributed by atoms with Crippen LogP contribution in [0.1, 0.15) is 18.1 Å². The number of nitrogens with one attached hydrogen (secondary N) is 1. The van der Waals surface area contributed by atoms with Gasteiger partial charge in [0.05, 0.1) is 0 Å². The van der Waals surface area contributed by atoms with Crippen LogP contribution in [0.4, 0.5) is 0 Å². The molecular weight excluding hydrogens is 318 g/mol. The maximum atomic E-state index is 3.60. The second-order valence-corrected chi connectivity index (χ2v) is 6.35. The average Bonchev–Trinajstić information content (AvgIpc) is 2.41. The summed E-state index contributed by atoms with van der Waals surface area (Å²) in [5.74, 6) is 0. The Kier molecular flexibility index (Phi) is 5.49. The van der Waals surface area contributed by atoms with Crippen LogP contribution in [0.25, 0.3) is 0 Å². The molecule has 0 heterocycles. The number of hydrogen-bond acceptors (Lipinski definition) is 2. The van der Waals surface area contributed by atoms with E-state index in [0.717, 1.165) is 17.6 Å². The normalized spacial score (nSPS) is 10.7. The van der Waals surface area contributed by atoms with E-state index in [1.165, 1.54) is 20.9 Å². The smallest absolute Gasteiger partial charge is 0.0314 e. The van der Waals surface area contributed by atoms with Gasteiger partial charge in [0.1, 0.15) is 0 Å². The third-order valence-electron chi connectivity index (χ3n) is 2.88. The minimum atomic E-state index is 0.942. The maximum Gasteiger partial charge on any atom is 0.0314 e. The molecule has 0 aliphatic heterocycles. The summed E-state index contributed by atoms with van der Waals surface area (Å²) in [5.41, 5.74) is 2.67. The summed E-state index contributed by atoms with van der Waals surface area (Å²) < 4.78 is 1.15. The van der Waals surface area contributed by atoms with Crippen molar-refractivity contribution in [3.63, 3.8) is 0 Å². The Morgan fingerprint density at radius 2 is 1.89 bits per heavy atom. The lowest BCUT2D eigenvalue weighted by atomic mass is 10.1. The Morgan fingerprint density at radius 3 is 2.58 bits per heavy atom. The fourth-order valence-electron chi connectivity index (χ4n) is 1.85. The molecule has 0 saturated carbocycles. The van der Waals surface area contributed by atoms with E-state index in [1.54, 1.807) is 11.8 Å². The SMILES string of the molecule is CCNCc1ccc(Sc2ccccc2Br)c(C)c1. The Hall–Kier alpha value is -0.770. The Morgan fingerprint density at radius 1 is 1.11 bits per heavy atom. The van der Waals surface area contributed by atoms with Gasteiger partial charge in [0.25, 0.3) is 0 Å². The topological polar surface area (TPSA) is 12.0 Å². The first-order chi connectivity index (χ1) is 9.20. The molecule has 0 atom stereocenters. The van der Waals surface area contributed by atoms with Crippen LogP contribution >= 0.6 is 27.7 Å². The van der Waals surface area contributed by atoms with Crippen molar-refractivity contribution in [2.75, 3.05) is 6.54 Å². The standard InChI is InChI=1S/C16H18BrNS/c1-3-18-11-13-8-9-15(12(2)10-13)19-16-7-5-4-6-14(16)17/h4-10,18H,3,11H2,1-2H3. The van der Waals surface area contributed by atoms with Gasteiger partial charge in [-0.05, 0) is 58.7 Å². The van der Waals surface area contributed by atoms with Crippen LogP contribution in [-0.2, 0) is 6.54 Å². The van der Waals surface area contributed by atoms with E-state index < -0.39 is 0 Å². The van der Waals surface area contributed by atoms with Gasteiger partial charge in [0.2, 0.25) is 0 Å². The minimum Gasteiger partial charge on any atom is -0.313 e. The largest absolute Gasteiger partial charge is 0.313 e. The number of aryl methyl sites for hydroxylation is 1. The van der Waals surface area contributed by atoms with Crippen molar-refractivity contribution < 1.29 is 0 Å². The number of benzene rings is 2. The molecule has 1 nitrogen and oxygen atoms in total. The van der Waals surface area contributed by atoms with Crippen molar-refractivity contribution in [2.45, 2.75) is 30.2 Å². The molecular formula is C16H18BrNS. The third kappa shape index (κ3) is 4.10. The molecule has 0 unspecified atom stereocenters. The van der Waals surface area contributed by atoms with Crippen molar-refractivity contribution in [1.29, 1.82) is 0 Å². The number of halogens is 1. The molecule has 0 aliphatic rings. The van der Waals surface area contributed by atoms with Gasteiger partial charge in [0, 0.05) is 20.8 Å². The first-order valence-electron chi connectivity index (χ1n) is 6.43. The van der Waals surface area contributed by atoms with Crippen molar-refractivity contribution in [1.82, 2.24) is 5.32 Å². The van der Waals surface area contributed by atoms with Crippen molar-refractivity contribution in [3.8, 4) is 0 Å². The van der Waals surface area contributed by atoms with Crippen molar-refractivity contribution in [2.24, 2.45) is 0 Å². The molecule has 2 aromatic rings. The van der Waals surface area contributed by atoms with E-state index in [2.05, 4.69) is 71.5 Å². The molecule has 0 spiro atoms. The Bertz CT molecular complexity index is 554. The van der Waals surface area contributed by atoms with Crippen LogP contribution in [0.2, 0.25) is 0 Å². The van der Waals surface area contributed by atoms with E-state index in [-0.39, 0.29) is 0 Å². The molecule has 0 saturated heterocycles. The summed E-state index contributed by atoms with van der Waals surface area (Å²) in [6, 6.07) is 15.0. The van der Waals surface area contributed by atoms with E-state index in [0.29, 0.717) is 0 Å². The van der Waals surface area contributed by atoms with Crippen LogP contribution in [0.15, 0.2) is 56.7 Å². The summed E-state index contributed by atoms with van der Waals surface area (Å²) in [6.45, 7) is 6.25. The van der Waals surface area contributed by atoms with Gasteiger partial charge in [-0.3, -0.25) is 0 Å².